The third-order valence-corrected chi connectivity index (χ3v) is 5.76. The Kier molecular flexibility index (Phi) is 18.2. The van der Waals surface area contributed by atoms with Gasteiger partial charge in [0.1, 0.15) is 11.4 Å². The Balaban J connectivity index is 0.000000394. The SMILES string of the molecule is CN(C)/C([S-])=N/N=C(c1ccccn1)c1ccccn1.CN(C)/C([S-])=N/N=C(c1ccccn1)c1ccccn1.[Fe+3].[O-][Cl+3]([O-])([O-])[O-]. The number of nitrogens with zero attached hydrogens (tertiary/aromatic N) is 10. The van der Waals surface area contributed by atoms with E-state index >= 15 is 0 Å². The molecule has 0 aliphatic heterocycles. The zero-order valence-corrected chi connectivity index (χ0v) is 28.4. The summed E-state index contributed by atoms with van der Waals surface area (Å²) in [5.41, 5.74) is 4.01. The number of pyridine rings is 4. The zero-order valence-electron chi connectivity index (χ0n) is 24.9. The average Bonchev–Trinajstić information content (AvgIpc) is 3.02. The van der Waals surface area contributed by atoms with E-state index in [1.807, 2.05) is 101 Å². The number of amidine groups is 2. The molecule has 1 radical (unpaired) electrons. The first-order valence-corrected chi connectivity index (χ1v) is 14.7. The number of rotatable bonds is 6. The van der Waals surface area contributed by atoms with Gasteiger partial charge in [0.25, 0.3) is 0 Å². The molecule has 14 nitrogen and oxygen atoms in total. The molecule has 0 unspecified atom stereocenters. The van der Waals surface area contributed by atoms with Crippen LogP contribution in [0.4, 0.5) is 0 Å². The van der Waals surface area contributed by atoms with E-state index in [4.69, 9.17) is 43.9 Å². The predicted octanol–water partition coefficient (Wildman–Crippen LogP) is -1.37. The van der Waals surface area contributed by atoms with Gasteiger partial charge in [-0.15, -0.1) is 20.4 Å². The van der Waals surface area contributed by atoms with Crippen LogP contribution in [0.25, 0.3) is 0 Å². The second-order valence-corrected chi connectivity index (χ2v) is 10.2. The van der Waals surface area contributed by atoms with Crippen LogP contribution in [0.2, 0.25) is 0 Å². The summed E-state index contributed by atoms with van der Waals surface area (Å²) in [6, 6.07) is 22.4. The summed E-state index contributed by atoms with van der Waals surface area (Å²) in [5, 5.41) is 17.3. The van der Waals surface area contributed by atoms with E-state index in [1.165, 1.54) is 0 Å². The maximum absolute atomic E-state index is 8.49. The van der Waals surface area contributed by atoms with Crippen molar-refractivity contribution in [2.24, 2.45) is 20.4 Å². The van der Waals surface area contributed by atoms with Crippen LogP contribution < -0.4 is 18.6 Å². The largest absolute Gasteiger partial charge is 3.00 e. The van der Waals surface area contributed by atoms with Crippen LogP contribution >= 0.6 is 0 Å². The molecule has 4 heterocycles. The van der Waals surface area contributed by atoms with Crippen LogP contribution in [0.5, 0.6) is 0 Å². The molecule has 0 saturated carbocycles. The van der Waals surface area contributed by atoms with Gasteiger partial charge >= 0.3 is 17.1 Å². The minimum absolute atomic E-state index is 0. The summed E-state index contributed by atoms with van der Waals surface area (Å²) in [7, 11) is 2.34. The van der Waals surface area contributed by atoms with E-state index in [-0.39, 0.29) is 17.1 Å². The normalized spacial score (nSPS) is 10.9. The Morgan fingerprint density at radius 3 is 0.935 bits per heavy atom. The third kappa shape index (κ3) is 15.8. The molecular weight excluding hydrogens is 696 g/mol. The van der Waals surface area contributed by atoms with Crippen molar-refractivity contribution in [3.8, 4) is 0 Å². The van der Waals surface area contributed by atoms with E-state index in [9.17, 15) is 0 Å². The van der Waals surface area contributed by atoms with Crippen molar-refractivity contribution in [1.29, 1.82) is 0 Å². The van der Waals surface area contributed by atoms with E-state index in [0.717, 1.165) is 0 Å². The number of halogens is 1. The molecule has 0 aliphatic rings. The van der Waals surface area contributed by atoms with Crippen molar-refractivity contribution < 1.29 is 45.9 Å². The fraction of sp³-hybridized carbons (Fsp3) is 0.143. The Labute approximate surface area is 290 Å². The standard InChI is InChI=1S/2C14H15N5S.ClHO4.Fe/c2*1-19(2)14(20)18-17-13(11-7-3-5-9-15-11)12-8-4-6-10-16-12;2-1(3,4)5;/h2*3-10H,1-2H3,(H,18,20);(H,2,3,4,5);/q;;;+3/p-3. The maximum Gasteiger partial charge on any atom is 3.00 e. The van der Waals surface area contributed by atoms with Crippen LogP contribution in [0.3, 0.4) is 0 Å². The van der Waals surface area contributed by atoms with Gasteiger partial charge in [0.2, 0.25) is 0 Å². The summed E-state index contributed by atoms with van der Waals surface area (Å²) in [5.74, 6) is 0. The summed E-state index contributed by atoms with van der Waals surface area (Å²) in [6.07, 6.45) is 6.83. The van der Waals surface area contributed by atoms with E-state index in [1.54, 1.807) is 34.6 Å². The molecule has 0 atom stereocenters. The number of hydrogen-bond donors (Lipinski definition) is 0. The van der Waals surface area contributed by atoms with Gasteiger partial charge in [-0.2, -0.15) is 10.2 Å². The van der Waals surface area contributed by atoms with Gasteiger partial charge in [-0.1, -0.05) is 24.3 Å². The molecule has 0 aliphatic carbocycles. The van der Waals surface area contributed by atoms with Gasteiger partial charge in [0.15, 0.2) is 0 Å². The molecule has 18 heteroatoms. The van der Waals surface area contributed by atoms with Gasteiger partial charge < -0.3 is 35.1 Å². The van der Waals surface area contributed by atoms with Gasteiger partial charge in [0, 0.05) is 63.3 Å². The number of aromatic nitrogens is 4. The van der Waals surface area contributed by atoms with Crippen LogP contribution in [0.1, 0.15) is 22.8 Å². The van der Waals surface area contributed by atoms with Gasteiger partial charge in [-0.05, 0) is 48.5 Å². The molecule has 46 heavy (non-hydrogen) atoms. The maximum atomic E-state index is 8.49. The molecule has 0 N–H and O–H groups in total. The fourth-order valence-electron chi connectivity index (χ4n) is 2.84. The molecule has 241 valence electrons. The Hall–Kier alpha value is -4.03. The summed E-state index contributed by atoms with van der Waals surface area (Å²) in [6.45, 7) is 0. The van der Waals surface area contributed by atoms with Crippen LogP contribution in [0, 0.1) is 10.2 Å². The molecule has 0 fully saturated rings. The third-order valence-electron chi connectivity index (χ3n) is 4.87. The van der Waals surface area contributed by atoms with Crippen molar-refractivity contribution in [3.05, 3.63) is 120 Å². The van der Waals surface area contributed by atoms with Crippen molar-refractivity contribution in [1.82, 2.24) is 29.7 Å². The fourth-order valence-corrected chi connectivity index (χ4v) is 2.92. The number of hydrogen-bond acceptors (Lipinski definition) is 14. The van der Waals surface area contributed by atoms with Crippen molar-refractivity contribution in [2.45, 2.75) is 0 Å². The van der Waals surface area contributed by atoms with Crippen LogP contribution in [0.15, 0.2) is 118 Å². The molecule has 0 aromatic carbocycles. The minimum atomic E-state index is -4.94. The Morgan fingerprint density at radius 1 is 0.522 bits per heavy atom. The van der Waals surface area contributed by atoms with Crippen molar-refractivity contribution >= 4 is 47.0 Å². The molecule has 4 aromatic heterocycles. The molecule has 4 rings (SSSR count). The first-order valence-electron chi connectivity index (χ1n) is 12.6. The molecule has 0 saturated heterocycles. The van der Waals surface area contributed by atoms with E-state index in [0.29, 0.717) is 44.5 Å². The Bertz CT molecular complexity index is 1360. The molecule has 0 bridgehead atoms. The van der Waals surface area contributed by atoms with Gasteiger partial charge in [-0.3, -0.25) is 19.9 Å². The summed E-state index contributed by atoms with van der Waals surface area (Å²) in [4.78, 5) is 20.6. The van der Waals surface area contributed by atoms with E-state index in [2.05, 4.69) is 40.3 Å². The predicted molar refractivity (Wildman–Crippen MR) is 165 cm³/mol. The molecule has 4 aromatic rings. The monoisotopic (exact) mass is 723 g/mol. The first-order chi connectivity index (χ1) is 21.4. The first kappa shape index (κ1) is 40.0. The van der Waals surface area contributed by atoms with Crippen LogP contribution in [-0.2, 0) is 42.3 Å². The smallest absolute Gasteiger partial charge is 0.741 e. The van der Waals surface area contributed by atoms with Gasteiger partial charge in [-0.25, -0.2) is 18.6 Å². The molecule has 0 amide bonds. The van der Waals surface area contributed by atoms with Crippen molar-refractivity contribution in [3.63, 3.8) is 0 Å². The molecular formula is C28H28ClFeN10O4S2. The zero-order chi connectivity index (χ0) is 33.2. The second-order valence-electron chi connectivity index (χ2n) is 8.69. The summed E-state index contributed by atoms with van der Waals surface area (Å²) < 4.78 is 34.0. The molecule has 0 spiro atoms. The van der Waals surface area contributed by atoms with Crippen LogP contribution in [-0.4, -0.2) is 79.7 Å². The Morgan fingerprint density at radius 2 is 0.761 bits per heavy atom. The second kappa shape index (κ2) is 20.9. The average molecular weight is 724 g/mol. The minimum Gasteiger partial charge on any atom is -0.741 e. The quantitative estimate of drug-likeness (QED) is 0.0745. The topological polar surface area (TPSA) is 200 Å². The van der Waals surface area contributed by atoms with Gasteiger partial charge in [0.05, 0.1) is 22.8 Å². The summed E-state index contributed by atoms with van der Waals surface area (Å²) >= 11 is 10.2. The van der Waals surface area contributed by atoms with E-state index < -0.39 is 10.2 Å². The van der Waals surface area contributed by atoms with Crippen molar-refractivity contribution in [2.75, 3.05) is 28.2 Å².